The molecule has 0 bridgehead atoms. The van der Waals surface area contributed by atoms with Gasteiger partial charge in [0.25, 0.3) is 0 Å². The summed E-state index contributed by atoms with van der Waals surface area (Å²) in [4.78, 5) is 10.4. The van der Waals surface area contributed by atoms with E-state index >= 15 is 0 Å². The molecular formula is C7H12N4O2. The smallest absolute Gasteiger partial charge is 0.308 e. The molecule has 1 aromatic heterocycles. The van der Waals surface area contributed by atoms with Crippen LogP contribution < -0.4 is 11.5 Å². The van der Waals surface area contributed by atoms with Gasteiger partial charge in [0.15, 0.2) is 5.82 Å². The number of carboxylic acid groups (broad SMARTS) is 1. The van der Waals surface area contributed by atoms with Gasteiger partial charge in [0.2, 0.25) is 0 Å². The predicted molar refractivity (Wildman–Crippen MR) is 48.1 cm³/mol. The summed E-state index contributed by atoms with van der Waals surface area (Å²) in [5, 5.41) is 12.4. The number of hydrogen-bond acceptors (Lipinski definition) is 4. The molecule has 6 nitrogen and oxygen atoms in total. The van der Waals surface area contributed by atoms with Crippen molar-refractivity contribution in [3.05, 3.63) is 5.56 Å². The summed E-state index contributed by atoms with van der Waals surface area (Å²) in [6.45, 7) is 2.43. The van der Waals surface area contributed by atoms with Crippen LogP contribution in [0.4, 0.5) is 11.6 Å². The van der Waals surface area contributed by atoms with E-state index in [9.17, 15) is 4.79 Å². The number of nitrogens with zero attached hydrogens (tertiary/aromatic N) is 2. The van der Waals surface area contributed by atoms with Gasteiger partial charge in [-0.2, -0.15) is 5.10 Å². The molecule has 6 heteroatoms. The van der Waals surface area contributed by atoms with Gasteiger partial charge in [0.1, 0.15) is 5.82 Å². The fraction of sp³-hybridized carbons (Fsp3) is 0.429. The number of nitrogen functional groups attached to an aromatic ring is 2. The highest BCUT2D eigenvalue weighted by atomic mass is 16.4. The Morgan fingerprint density at radius 1 is 1.62 bits per heavy atom. The summed E-state index contributed by atoms with van der Waals surface area (Å²) in [5.74, 6) is -0.432. The molecule has 13 heavy (non-hydrogen) atoms. The number of anilines is 2. The first kappa shape index (κ1) is 9.37. The van der Waals surface area contributed by atoms with Crippen molar-refractivity contribution in [1.82, 2.24) is 9.78 Å². The molecule has 0 aliphatic carbocycles. The van der Waals surface area contributed by atoms with Crippen LogP contribution in [0.3, 0.4) is 0 Å². The number of aliphatic carboxylic acids is 1. The fourth-order valence-corrected chi connectivity index (χ4v) is 1.10. The molecule has 0 aliphatic rings. The van der Waals surface area contributed by atoms with E-state index in [1.807, 2.05) is 6.92 Å². The lowest BCUT2D eigenvalue weighted by Crippen LogP contribution is -2.06. The zero-order valence-corrected chi connectivity index (χ0v) is 7.32. The Balaban J connectivity index is 3.05. The minimum atomic E-state index is -0.964. The third-order valence-corrected chi connectivity index (χ3v) is 1.75. The van der Waals surface area contributed by atoms with Gasteiger partial charge in [-0.3, -0.25) is 4.79 Å². The van der Waals surface area contributed by atoms with Crippen LogP contribution in [0.25, 0.3) is 0 Å². The Bertz CT molecular complexity index is 331. The maximum atomic E-state index is 10.4. The Morgan fingerprint density at radius 2 is 2.23 bits per heavy atom. The van der Waals surface area contributed by atoms with E-state index in [2.05, 4.69) is 5.10 Å². The largest absolute Gasteiger partial charge is 0.481 e. The van der Waals surface area contributed by atoms with Gasteiger partial charge >= 0.3 is 5.97 Å². The van der Waals surface area contributed by atoms with Crippen molar-refractivity contribution in [1.29, 1.82) is 0 Å². The van der Waals surface area contributed by atoms with Crippen LogP contribution in [-0.4, -0.2) is 20.9 Å². The maximum Gasteiger partial charge on any atom is 0.308 e. The Kier molecular flexibility index (Phi) is 2.41. The van der Waals surface area contributed by atoms with Crippen LogP contribution in [0.1, 0.15) is 12.5 Å². The van der Waals surface area contributed by atoms with Gasteiger partial charge in [0.05, 0.1) is 6.42 Å². The fourth-order valence-electron chi connectivity index (χ4n) is 1.10. The lowest BCUT2D eigenvalue weighted by atomic mass is 10.2. The van der Waals surface area contributed by atoms with Crippen molar-refractivity contribution in [2.24, 2.45) is 0 Å². The molecule has 0 spiro atoms. The molecule has 0 saturated carbocycles. The van der Waals surface area contributed by atoms with E-state index in [4.69, 9.17) is 16.6 Å². The van der Waals surface area contributed by atoms with Crippen LogP contribution in [0.2, 0.25) is 0 Å². The molecule has 1 heterocycles. The van der Waals surface area contributed by atoms with Gasteiger partial charge in [-0.25, -0.2) is 4.68 Å². The number of rotatable bonds is 3. The highest BCUT2D eigenvalue weighted by Crippen LogP contribution is 2.19. The highest BCUT2D eigenvalue weighted by molar-refractivity contribution is 5.75. The van der Waals surface area contributed by atoms with E-state index in [0.717, 1.165) is 0 Å². The molecular weight excluding hydrogens is 172 g/mol. The first-order valence-electron chi connectivity index (χ1n) is 3.88. The molecule has 0 aromatic carbocycles. The lowest BCUT2D eigenvalue weighted by Gasteiger charge is -1.98. The monoisotopic (exact) mass is 184 g/mol. The van der Waals surface area contributed by atoms with E-state index in [1.54, 1.807) is 0 Å². The van der Waals surface area contributed by atoms with Crippen LogP contribution in [-0.2, 0) is 17.8 Å². The first-order chi connectivity index (χ1) is 6.06. The summed E-state index contributed by atoms with van der Waals surface area (Å²) >= 11 is 0. The molecule has 1 aromatic rings. The second-order valence-corrected chi connectivity index (χ2v) is 2.64. The molecule has 0 atom stereocenters. The molecule has 0 unspecified atom stereocenters. The quantitative estimate of drug-likeness (QED) is 0.597. The van der Waals surface area contributed by atoms with Crippen LogP contribution in [0.5, 0.6) is 0 Å². The van der Waals surface area contributed by atoms with E-state index in [0.29, 0.717) is 17.9 Å². The number of carboxylic acids is 1. The average molecular weight is 184 g/mol. The minimum Gasteiger partial charge on any atom is -0.481 e. The number of carbonyl (C=O) groups is 1. The Hall–Kier alpha value is -1.72. The molecule has 1 rings (SSSR count). The molecule has 0 fully saturated rings. The molecule has 0 saturated heterocycles. The third-order valence-electron chi connectivity index (χ3n) is 1.75. The molecule has 72 valence electrons. The first-order valence-corrected chi connectivity index (χ1v) is 3.88. The number of aryl methyl sites for hydroxylation is 1. The average Bonchev–Trinajstić information content (AvgIpc) is 2.31. The second-order valence-electron chi connectivity index (χ2n) is 2.64. The minimum absolute atomic E-state index is 0.183. The number of hydrogen-bond donors (Lipinski definition) is 3. The lowest BCUT2D eigenvalue weighted by molar-refractivity contribution is -0.136. The van der Waals surface area contributed by atoms with Crippen molar-refractivity contribution < 1.29 is 9.90 Å². The van der Waals surface area contributed by atoms with E-state index in [1.165, 1.54) is 4.68 Å². The SMILES string of the molecule is CCn1nc(N)c(CC(=O)O)c1N. The van der Waals surface area contributed by atoms with E-state index in [-0.39, 0.29) is 12.2 Å². The summed E-state index contributed by atoms with van der Waals surface area (Å²) in [7, 11) is 0. The van der Waals surface area contributed by atoms with Crippen LogP contribution >= 0.6 is 0 Å². The third kappa shape index (κ3) is 1.71. The van der Waals surface area contributed by atoms with E-state index < -0.39 is 5.97 Å². The standard InChI is InChI=1S/C7H12N4O2/c1-2-11-7(9)4(3-5(12)13)6(8)10-11/h2-3,9H2,1H3,(H2,8,10)(H,12,13). The Morgan fingerprint density at radius 3 is 2.62 bits per heavy atom. The summed E-state index contributed by atoms with van der Waals surface area (Å²) in [5.41, 5.74) is 11.5. The second kappa shape index (κ2) is 3.34. The van der Waals surface area contributed by atoms with Crippen LogP contribution in [0.15, 0.2) is 0 Å². The topological polar surface area (TPSA) is 107 Å². The van der Waals surface area contributed by atoms with Gasteiger partial charge in [-0.1, -0.05) is 0 Å². The predicted octanol–water partition coefficient (Wildman–Crippen LogP) is -0.305. The zero-order chi connectivity index (χ0) is 10.0. The maximum absolute atomic E-state index is 10.4. The number of aromatic nitrogens is 2. The van der Waals surface area contributed by atoms with Crippen LogP contribution in [0, 0.1) is 0 Å². The molecule has 0 amide bonds. The normalized spacial score (nSPS) is 10.2. The van der Waals surface area contributed by atoms with Gasteiger partial charge in [0, 0.05) is 12.1 Å². The molecule has 0 radical (unpaired) electrons. The summed E-state index contributed by atoms with van der Waals surface area (Å²) < 4.78 is 1.48. The van der Waals surface area contributed by atoms with Crippen molar-refractivity contribution >= 4 is 17.6 Å². The van der Waals surface area contributed by atoms with Gasteiger partial charge in [-0.15, -0.1) is 0 Å². The molecule has 5 N–H and O–H groups in total. The van der Waals surface area contributed by atoms with Crippen molar-refractivity contribution in [2.45, 2.75) is 19.9 Å². The van der Waals surface area contributed by atoms with Gasteiger partial charge < -0.3 is 16.6 Å². The summed E-state index contributed by atoms with van der Waals surface area (Å²) in [6, 6.07) is 0. The Labute approximate surface area is 75.1 Å². The van der Waals surface area contributed by atoms with Crippen molar-refractivity contribution in [2.75, 3.05) is 11.5 Å². The van der Waals surface area contributed by atoms with Crippen molar-refractivity contribution in [3.8, 4) is 0 Å². The summed E-state index contributed by atoms with van der Waals surface area (Å²) in [6.07, 6.45) is -0.183. The number of nitrogens with two attached hydrogens (primary N) is 2. The van der Waals surface area contributed by atoms with Gasteiger partial charge in [-0.05, 0) is 6.92 Å². The van der Waals surface area contributed by atoms with Crippen molar-refractivity contribution in [3.63, 3.8) is 0 Å². The molecule has 0 aliphatic heterocycles. The zero-order valence-electron chi connectivity index (χ0n) is 7.32. The highest BCUT2D eigenvalue weighted by Gasteiger charge is 2.14.